The van der Waals surface area contributed by atoms with Crippen LogP contribution in [-0.4, -0.2) is 33.8 Å². The summed E-state index contributed by atoms with van der Waals surface area (Å²) in [5.41, 5.74) is 0.687. The lowest BCUT2D eigenvalue weighted by molar-refractivity contribution is -0.154. The number of alkyl halides is 3. The average molecular weight is 298 g/mol. The van der Waals surface area contributed by atoms with E-state index in [9.17, 15) is 18.0 Å². The molecule has 0 atom stereocenters. The molecular weight excluding hydrogens is 289 g/mol. The van der Waals surface area contributed by atoms with Gasteiger partial charge in [-0.25, -0.2) is 14.8 Å². The summed E-state index contributed by atoms with van der Waals surface area (Å²) >= 11 is 0. The number of halogens is 3. The van der Waals surface area contributed by atoms with E-state index in [1.54, 1.807) is 6.07 Å². The third-order valence-electron chi connectivity index (χ3n) is 2.38. The first-order valence-electron chi connectivity index (χ1n) is 5.71. The van der Waals surface area contributed by atoms with Gasteiger partial charge in [0.15, 0.2) is 6.61 Å². The number of pyridine rings is 2. The number of aromatic nitrogens is 2. The van der Waals surface area contributed by atoms with Gasteiger partial charge in [-0.05, 0) is 18.2 Å². The molecule has 5 nitrogen and oxygen atoms in total. The number of nitrogens with zero attached hydrogens (tertiary/aromatic N) is 2. The van der Waals surface area contributed by atoms with E-state index in [2.05, 4.69) is 14.7 Å². The summed E-state index contributed by atoms with van der Waals surface area (Å²) in [6.45, 7) is -1.42. The Morgan fingerprint density at radius 1 is 1.24 bits per heavy atom. The van der Waals surface area contributed by atoms with E-state index >= 15 is 0 Å². The van der Waals surface area contributed by atoms with Crippen molar-refractivity contribution in [2.45, 2.75) is 6.18 Å². The quantitative estimate of drug-likeness (QED) is 0.939. The van der Waals surface area contributed by atoms with Crippen molar-refractivity contribution in [2.75, 3.05) is 6.61 Å². The highest BCUT2D eigenvalue weighted by atomic mass is 19.4. The third kappa shape index (κ3) is 4.16. The van der Waals surface area contributed by atoms with Crippen LogP contribution < -0.4 is 4.74 Å². The van der Waals surface area contributed by atoms with E-state index in [1.165, 1.54) is 30.5 Å². The van der Waals surface area contributed by atoms with Gasteiger partial charge in [0.2, 0.25) is 5.88 Å². The molecule has 0 spiro atoms. The van der Waals surface area contributed by atoms with E-state index in [0.717, 1.165) is 0 Å². The lowest BCUT2D eigenvalue weighted by Crippen LogP contribution is -2.19. The molecule has 0 saturated carbocycles. The highest BCUT2D eigenvalue weighted by Crippen LogP contribution is 2.20. The van der Waals surface area contributed by atoms with Gasteiger partial charge in [0.25, 0.3) is 0 Å². The van der Waals surface area contributed by atoms with E-state index in [-0.39, 0.29) is 11.6 Å². The molecule has 0 bridgehead atoms. The molecule has 2 aromatic rings. The van der Waals surface area contributed by atoms with Crippen molar-refractivity contribution in [3.8, 4) is 17.1 Å². The molecule has 2 heterocycles. The molecule has 110 valence electrons. The van der Waals surface area contributed by atoms with Crippen LogP contribution in [0.2, 0.25) is 0 Å². The summed E-state index contributed by atoms with van der Waals surface area (Å²) in [5.74, 6) is -1.35. The molecule has 2 aromatic heterocycles. The van der Waals surface area contributed by atoms with E-state index in [0.29, 0.717) is 11.3 Å². The molecule has 8 heteroatoms. The van der Waals surface area contributed by atoms with Gasteiger partial charge >= 0.3 is 12.1 Å². The molecule has 0 fully saturated rings. The molecule has 0 aromatic carbocycles. The Bertz CT molecular complexity index is 642. The van der Waals surface area contributed by atoms with Crippen LogP contribution in [0.1, 0.15) is 10.5 Å². The summed E-state index contributed by atoms with van der Waals surface area (Å²) < 4.78 is 40.4. The van der Waals surface area contributed by atoms with Crippen molar-refractivity contribution >= 4 is 5.97 Å². The smallest absolute Gasteiger partial charge is 0.422 e. The zero-order chi connectivity index (χ0) is 15.5. The van der Waals surface area contributed by atoms with Gasteiger partial charge in [0.05, 0.1) is 5.69 Å². The Kier molecular flexibility index (Phi) is 4.06. The average Bonchev–Trinajstić information content (AvgIpc) is 2.45. The summed E-state index contributed by atoms with van der Waals surface area (Å²) in [6, 6.07) is 7.13. The Balaban J connectivity index is 2.15. The number of carbonyl (C=O) groups is 1. The number of hydrogen-bond donors (Lipinski definition) is 1. The minimum Gasteiger partial charge on any atom is -0.477 e. The topological polar surface area (TPSA) is 72.3 Å². The predicted molar refractivity (Wildman–Crippen MR) is 66.0 cm³/mol. The number of aromatic carboxylic acids is 1. The summed E-state index contributed by atoms with van der Waals surface area (Å²) in [5, 5.41) is 8.84. The zero-order valence-electron chi connectivity index (χ0n) is 10.5. The maximum atomic E-state index is 12.0. The van der Waals surface area contributed by atoms with Crippen molar-refractivity contribution in [3.63, 3.8) is 0 Å². The molecule has 0 radical (unpaired) electrons. The molecule has 1 N–H and O–H groups in total. The fourth-order valence-corrected chi connectivity index (χ4v) is 1.49. The van der Waals surface area contributed by atoms with Gasteiger partial charge in [-0.1, -0.05) is 6.07 Å². The molecule has 0 aliphatic heterocycles. The number of ether oxygens (including phenoxy) is 1. The molecular formula is C13H9F3N2O3. The molecule has 0 amide bonds. The third-order valence-corrected chi connectivity index (χ3v) is 2.38. The van der Waals surface area contributed by atoms with Crippen LogP contribution in [0.5, 0.6) is 5.88 Å². The van der Waals surface area contributed by atoms with Crippen LogP contribution in [0.25, 0.3) is 11.3 Å². The standard InChI is InChI=1S/C13H9F3N2O3/c14-13(15,16)7-21-11-5-4-8(6-17-11)9-2-1-3-10(18-9)12(19)20/h1-6H,7H2,(H,19,20). The van der Waals surface area contributed by atoms with Crippen molar-refractivity contribution < 1.29 is 27.8 Å². The van der Waals surface area contributed by atoms with Crippen LogP contribution in [0.15, 0.2) is 36.5 Å². The normalized spacial score (nSPS) is 11.2. The Morgan fingerprint density at radius 3 is 2.57 bits per heavy atom. The fraction of sp³-hybridized carbons (Fsp3) is 0.154. The predicted octanol–water partition coefficient (Wildman–Crippen LogP) is 2.78. The van der Waals surface area contributed by atoms with E-state index < -0.39 is 18.8 Å². The lowest BCUT2D eigenvalue weighted by atomic mass is 10.2. The van der Waals surface area contributed by atoms with Crippen LogP contribution in [0.4, 0.5) is 13.2 Å². The fourth-order valence-electron chi connectivity index (χ4n) is 1.49. The Hall–Kier alpha value is -2.64. The number of carboxylic acids is 1. The van der Waals surface area contributed by atoms with Gasteiger partial charge in [-0.3, -0.25) is 0 Å². The van der Waals surface area contributed by atoms with E-state index in [1.807, 2.05) is 0 Å². The van der Waals surface area contributed by atoms with Crippen LogP contribution in [0, 0.1) is 0 Å². The SMILES string of the molecule is O=C(O)c1cccc(-c2ccc(OCC(F)(F)F)nc2)n1. The first kappa shape index (κ1) is 14.8. The first-order valence-corrected chi connectivity index (χ1v) is 5.71. The maximum absolute atomic E-state index is 12.0. The van der Waals surface area contributed by atoms with Gasteiger partial charge in [0, 0.05) is 17.8 Å². The minimum absolute atomic E-state index is 0.134. The number of hydrogen-bond acceptors (Lipinski definition) is 4. The van der Waals surface area contributed by atoms with Crippen LogP contribution in [-0.2, 0) is 0 Å². The molecule has 2 rings (SSSR count). The van der Waals surface area contributed by atoms with E-state index in [4.69, 9.17) is 5.11 Å². The minimum atomic E-state index is -4.43. The van der Waals surface area contributed by atoms with Gasteiger partial charge in [0.1, 0.15) is 5.69 Å². The molecule has 0 aliphatic rings. The Morgan fingerprint density at radius 2 is 2.00 bits per heavy atom. The molecule has 0 saturated heterocycles. The number of rotatable bonds is 4. The van der Waals surface area contributed by atoms with Crippen LogP contribution >= 0.6 is 0 Å². The van der Waals surface area contributed by atoms with Gasteiger partial charge in [-0.2, -0.15) is 13.2 Å². The Labute approximate surface area is 117 Å². The lowest BCUT2D eigenvalue weighted by Gasteiger charge is -2.08. The number of carboxylic acid groups (broad SMARTS) is 1. The van der Waals surface area contributed by atoms with Crippen molar-refractivity contribution in [3.05, 3.63) is 42.2 Å². The van der Waals surface area contributed by atoms with Crippen molar-refractivity contribution in [1.29, 1.82) is 0 Å². The van der Waals surface area contributed by atoms with Gasteiger partial charge in [-0.15, -0.1) is 0 Å². The molecule has 21 heavy (non-hydrogen) atoms. The second-order valence-corrected chi connectivity index (χ2v) is 4.00. The van der Waals surface area contributed by atoms with Crippen molar-refractivity contribution in [2.24, 2.45) is 0 Å². The summed E-state index contributed by atoms with van der Waals surface area (Å²) in [4.78, 5) is 18.4. The van der Waals surface area contributed by atoms with Crippen molar-refractivity contribution in [1.82, 2.24) is 9.97 Å². The largest absolute Gasteiger partial charge is 0.477 e. The second-order valence-electron chi connectivity index (χ2n) is 4.00. The molecule has 0 unspecified atom stereocenters. The zero-order valence-corrected chi connectivity index (χ0v) is 10.5. The molecule has 0 aliphatic carbocycles. The summed E-state index contributed by atoms with van der Waals surface area (Å²) in [6.07, 6.45) is -3.17. The second kappa shape index (κ2) is 5.78. The van der Waals surface area contributed by atoms with Gasteiger partial charge < -0.3 is 9.84 Å². The monoisotopic (exact) mass is 298 g/mol. The first-order chi connectivity index (χ1) is 9.85. The van der Waals surface area contributed by atoms with Crippen LogP contribution in [0.3, 0.4) is 0 Å². The highest BCUT2D eigenvalue weighted by molar-refractivity contribution is 5.86. The summed E-state index contributed by atoms with van der Waals surface area (Å²) in [7, 11) is 0. The maximum Gasteiger partial charge on any atom is 0.422 e. The highest BCUT2D eigenvalue weighted by Gasteiger charge is 2.28.